The summed E-state index contributed by atoms with van der Waals surface area (Å²) in [6.45, 7) is 0.987. The number of halogens is 1. The predicted molar refractivity (Wildman–Crippen MR) is 113 cm³/mol. The van der Waals surface area contributed by atoms with E-state index >= 15 is 0 Å². The highest BCUT2D eigenvalue weighted by Crippen LogP contribution is 2.17. The van der Waals surface area contributed by atoms with E-state index in [-0.39, 0.29) is 5.82 Å². The van der Waals surface area contributed by atoms with Crippen molar-refractivity contribution < 1.29 is 13.9 Å². The van der Waals surface area contributed by atoms with Gasteiger partial charge in [0.15, 0.2) is 5.11 Å². The second-order valence-electron chi connectivity index (χ2n) is 6.10. The minimum Gasteiger partial charge on any atom is -0.497 e. The van der Waals surface area contributed by atoms with Crippen LogP contribution >= 0.6 is 12.2 Å². The fourth-order valence-corrected chi connectivity index (χ4v) is 2.70. The molecular formula is C22H21FN2O2S. The molecule has 0 aromatic heterocycles. The van der Waals surface area contributed by atoms with Crippen LogP contribution in [0.2, 0.25) is 0 Å². The number of anilines is 1. The summed E-state index contributed by atoms with van der Waals surface area (Å²) in [5.41, 5.74) is 2.85. The molecule has 28 heavy (non-hydrogen) atoms. The molecule has 0 unspecified atom stereocenters. The van der Waals surface area contributed by atoms with Crippen LogP contribution in [-0.2, 0) is 13.2 Å². The fraction of sp³-hybridized carbons (Fsp3) is 0.136. The lowest BCUT2D eigenvalue weighted by Gasteiger charge is -2.12. The standard InChI is InChI=1S/C22H21FN2O2S/c1-26-21-4-2-3-19(13-21)25-22(28)24-14-16-7-11-20(12-8-16)27-15-17-5-9-18(23)10-6-17/h2-13H,14-15H2,1H3,(H2,24,25,28). The zero-order valence-corrected chi connectivity index (χ0v) is 16.3. The van der Waals surface area contributed by atoms with E-state index in [1.54, 1.807) is 19.2 Å². The van der Waals surface area contributed by atoms with Gasteiger partial charge in [0.25, 0.3) is 0 Å². The van der Waals surface area contributed by atoms with Crippen LogP contribution in [0.3, 0.4) is 0 Å². The summed E-state index contributed by atoms with van der Waals surface area (Å²) in [7, 11) is 1.63. The molecule has 0 spiro atoms. The van der Waals surface area contributed by atoms with Crippen LogP contribution in [0.5, 0.6) is 11.5 Å². The summed E-state index contributed by atoms with van der Waals surface area (Å²) in [6.07, 6.45) is 0. The molecule has 0 heterocycles. The van der Waals surface area contributed by atoms with E-state index in [0.717, 1.165) is 28.3 Å². The average Bonchev–Trinajstić information content (AvgIpc) is 2.73. The van der Waals surface area contributed by atoms with Gasteiger partial charge in [0, 0.05) is 18.3 Å². The van der Waals surface area contributed by atoms with Crippen molar-refractivity contribution in [3.8, 4) is 11.5 Å². The molecule has 4 nitrogen and oxygen atoms in total. The van der Waals surface area contributed by atoms with Gasteiger partial charge in [-0.15, -0.1) is 0 Å². The number of benzene rings is 3. The number of nitrogens with one attached hydrogen (secondary N) is 2. The Hall–Kier alpha value is -3.12. The molecule has 144 valence electrons. The maximum atomic E-state index is 12.9. The van der Waals surface area contributed by atoms with Gasteiger partial charge in [-0.05, 0) is 59.7 Å². The first-order chi connectivity index (χ1) is 13.6. The third kappa shape index (κ3) is 5.96. The number of thiocarbonyl (C=S) groups is 1. The molecule has 0 radical (unpaired) electrons. The van der Waals surface area contributed by atoms with Gasteiger partial charge in [-0.3, -0.25) is 0 Å². The number of hydrogen-bond acceptors (Lipinski definition) is 3. The molecule has 0 fully saturated rings. The quantitative estimate of drug-likeness (QED) is 0.556. The first-order valence-electron chi connectivity index (χ1n) is 8.77. The summed E-state index contributed by atoms with van der Waals surface area (Å²) in [4.78, 5) is 0. The van der Waals surface area contributed by atoms with E-state index < -0.39 is 0 Å². The molecule has 0 atom stereocenters. The first kappa shape index (κ1) is 19.6. The molecule has 0 aliphatic heterocycles. The van der Waals surface area contributed by atoms with Crippen molar-refractivity contribution in [3.63, 3.8) is 0 Å². The maximum absolute atomic E-state index is 12.9. The zero-order valence-electron chi connectivity index (χ0n) is 15.4. The largest absolute Gasteiger partial charge is 0.497 e. The van der Waals surface area contributed by atoms with Crippen LogP contribution in [-0.4, -0.2) is 12.2 Å². The molecule has 2 N–H and O–H groups in total. The molecule has 3 aromatic rings. The minimum atomic E-state index is -0.251. The van der Waals surface area contributed by atoms with Crippen LogP contribution in [0.1, 0.15) is 11.1 Å². The topological polar surface area (TPSA) is 42.5 Å². The summed E-state index contributed by atoms with van der Waals surface area (Å²) in [5, 5.41) is 6.83. The zero-order chi connectivity index (χ0) is 19.8. The van der Waals surface area contributed by atoms with Crippen molar-refractivity contribution in [1.82, 2.24) is 5.32 Å². The summed E-state index contributed by atoms with van der Waals surface area (Å²) in [6, 6.07) is 21.6. The average molecular weight is 396 g/mol. The lowest BCUT2D eigenvalue weighted by Crippen LogP contribution is -2.27. The van der Waals surface area contributed by atoms with E-state index in [1.165, 1.54) is 12.1 Å². The van der Waals surface area contributed by atoms with E-state index in [2.05, 4.69) is 10.6 Å². The van der Waals surface area contributed by atoms with Crippen molar-refractivity contribution in [3.05, 3.63) is 89.7 Å². The van der Waals surface area contributed by atoms with Crippen LogP contribution < -0.4 is 20.1 Å². The lowest BCUT2D eigenvalue weighted by atomic mass is 10.2. The molecule has 3 aromatic carbocycles. The van der Waals surface area contributed by atoms with E-state index in [0.29, 0.717) is 18.3 Å². The van der Waals surface area contributed by atoms with Crippen LogP contribution in [0.25, 0.3) is 0 Å². The number of ether oxygens (including phenoxy) is 2. The van der Waals surface area contributed by atoms with Gasteiger partial charge in [-0.1, -0.05) is 30.3 Å². The summed E-state index contributed by atoms with van der Waals surface area (Å²) < 4.78 is 23.8. The van der Waals surface area contributed by atoms with Gasteiger partial charge in [-0.2, -0.15) is 0 Å². The molecule has 6 heteroatoms. The molecule has 0 bridgehead atoms. The SMILES string of the molecule is COc1cccc(NC(=S)NCc2ccc(OCc3ccc(F)cc3)cc2)c1. The first-order valence-corrected chi connectivity index (χ1v) is 9.18. The summed E-state index contributed by atoms with van der Waals surface area (Å²) >= 11 is 5.33. The Morgan fingerprint density at radius 2 is 1.64 bits per heavy atom. The third-order valence-electron chi connectivity index (χ3n) is 4.02. The van der Waals surface area contributed by atoms with Gasteiger partial charge in [0.2, 0.25) is 0 Å². The molecular weight excluding hydrogens is 375 g/mol. The Bertz CT molecular complexity index is 915. The highest BCUT2D eigenvalue weighted by Gasteiger charge is 2.01. The monoisotopic (exact) mass is 396 g/mol. The van der Waals surface area contributed by atoms with Gasteiger partial charge in [-0.25, -0.2) is 4.39 Å². The third-order valence-corrected chi connectivity index (χ3v) is 4.27. The van der Waals surface area contributed by atoms with E-state index in [9.17, 15) is 4.39 Å². The molecule has 0 saturated carbocycles. The van der Waals surface area contributed by atoms with Crippen molar-refractivity contribution in [2.24, 2.45) is 0 Å². The molecule has 0 aliphatic rings. The minimum absolute atomic E-state index is 0.251. The van der Waals surface area contributed by atoms with E-state index in [4.69, 9.17) is 21.7 Å². The van der Waals surface area contributed by atoms with Gasteiger partial charge in [0.05, 0.1) is 7.11 Å². The molecule has 0 aliphatic carbocycles. The van der Waals surface area contributed by atoms with Crippen molar-refractivity contribution in [2.45, 2.75) is 13.2 Å². The summed E-state index contributed by atoms with van der Waals surface area (Å²) in [5.74, 6) is 1.27. The Kier molecular flexibility index (Phi) is 6.81. The molecule has 0 amide bonds. The van der Waals surface area contributed by atoms with Crippen molar-refractivity contribution in [2.75, 3.05) is 12.4 Å². The molecule has 0 saturated heterocycles. The Balaban J connectivity index is 1.45. The Labute approximate surface area is 169 Å². The van der Waals surface area contributed by atoms with E-state index in [1.807, 2.05) is 48.5 Å². The second kappa shape index (κ2) is 9.71. The van der Waals surface area contributed by atoms with Gasteiger partial charge in [0.1, 0.15) is 23.9 Å². The fourth-order valence-electron chi connectivity index (χ4n) is 2.51. The Morgan fingerprint density at radius 1 is 0.929 bits per heavy atom. The van der Waals surface area contributed by atoms with Crippen LogP contribution in [0.4, 0.5) is 10.1 Å². The number of hydrogen-bond donors (Lipinski definition) is 2. The smallest absolute Gasteiger partial charge is 0.171 e. The van der Waals surface area contributed by atoms with Gasteiger partial charge < -0.3 is 20.1 Å². The van der Waals surface area contributed by atoms with Gasteiger partial charge >= 0.3 is 0 Å². The highest BCUT2D eigenvalue weighted by molar-refractivity contribution is 7.80. The Morgan fingerprint density at radius 3 is 2.36 bits per heavy atom. The second-order valence-corrected chi connectivity index (χ2v) is 6.51. The number of methoxy groups -OCH3 is 1. The number of rotatable bonds is 7. The predicted octanol–water partition coefficient (Wildman–Crippen LogP) is 4.90. The lowest BCUT2D eigenvalue weighted by molar-refractivity contribution is 0.306. The van der Waals surface area contributed by atoms with Crippen molar-refractivity contribution in [1.29, 1.82) is 0 Å². The van der Waals surface area contributed by atoms with Crippen molar-refractivity contribution >= 4 is 23.0 Å². The van der Waals surface area contributed by atoms with Crippen LogP contribution in [0.15, 0.2) is 72.8 Å². The molecule has 3 rings (SSSR count). The normalized spacial score (nSPS) is 10.2. The maximum Gasteiger partial charge on any atom is 0.171 e. The highest BCUT2D eigenvalue weighted by atomic mass is 32.1. The van der Waals surface area contributed by atoms with Crippen LogP contribution in [0, 0.1) is 5.82 Å².